The molecule has 2 aromatic rings. The molecule has 0 radical (unpaired) electrons. The van der Waals surface area contributed by atoms with E-state index in [4.69, 9.17) is 4.74 Å². The van der Waals surface area contributed by atoms with Gasteiger partial charge in [0.25, 0.3) is 11.6 Å². The van der Waals surface area contributed by atoms with Crippen LogP contribution in [-0.4, -0.2) is 24.5 Å². The molecule has 0 aliphatic rings. The molecule has 138 valence electrons. The molecule has 0 fully saturated rings. The van der Waals surface area contributed by atoms with Crippen LogP contribution in [0.15, 0.2) is 48.5 Å². The predicted octanol–water partition coefficient (Wildman–Crippen LogP) is 2.50. The Morgan fingerprint density at radius 3 is 2.50 bits per heavy atom. The third-order valence-corrected chi connectivity index (χ3v) is 4.13. The zero-order valence-electron chi connectivity index (χ0n) is 15.1. The number of nitro groups is 1. The Balaban J connectivity index is 2.06. The van der Waals surface area contributed by atoms with E-state index in [0.717, 1.165) is 5.56 Å². The fraction of sp³-hybridized carbons (Fsp3) is 0.316. The molecule has 0 heterocycles. The maximum absolute atomic E-state index is 12.4. The molecule has 0 aromatic heterocycles. The Hall–Kier alpha value is -2.93. The van der Waals surface area contributed by atoms with Crippen LogP contribution in [0.1, 0.15) is 25.5 Å². The van der Waals surface area contributed by atoms with Gasteiger partial charge in [-0.1, -0.05) is 44.2 Å². The molecule has 2 rings (SSSR count). The van der Waals surface area contributed by atoms with Crippen molar-refractivity contribution in [3.05, 3.63) is 64.2 Å². The summed E-state index contributed by atoms with van der Waals surface area (Å²) in [5.41, 5.74) is 1.35. The zero-order valence-corrected chi connectivity index (χ0v) is 15.1. The van der Waals surface area contributed by atoms with Gasteiger partial charge in [-0.15, -0.1) is 0 Å². The first kappa shape index (κ1) is 19.4. The van der Waals surface area contributed by atoms with Gasteiger partial charge in [0.1, 0.15) is 11.8 Å². The molecular formula is C19H24N3O4+. The van der Waals surface area contributed by atoms with Crippen LogP contribution < -0.4 is 15.4 Å². The number of hydrogen-bond donors (Lipinski definition) is 2. The van der Waals surface area contributed by atoms with Gasteiger partial charge in [0.2, 0.25) is 0 Å². The number of ether oxygens (including phenoxy) is 1. The van der Waals surface area contributed by atoms with E-state index in [1.807, 2.05) is 35.6 Å². The zero-order chi connectivity index (χ0) is 19.1. The second-order valence-electron chi connectivity index (χ2n) is 6.31. The number of nitrogens with two attached hydrogens (primary N) is 1. The lowest BCUT2D eigenvalue weighted by molar-refractivity contribution is -0.692. The normalized spacial score (nSPS) is 11.8. The molecular weight excluding hydrogens is 334 g/mol. The molecule has 2 aromatic carbocycles. The highest BCUT2D eigenvalue weighted by molar-refractivity contribution is 5.93. The molecule has 1 atom stereocenters. The minimum Gasteiger partial charge on any atom is -0.495 e. The second-order valence-corrected chi connectivity index (χ2v) is 6.31. The number of hydrogen-bond acceptors (Lipinski definition) is 4. The summed E-state index contributed by atoms with van der Waals surface area (Å²) >= 11 is 0. The van der Waals surface area contributed by atoms with Crippen LogP contribution in [-0.2, 0) is 4.79 Å². The van der Waals surface area contributed by atoms with Crippen molar-refractivity contribution in [2.75, 3.05) is 19.0 Å². The number of nitro benzene ring substituents is 1. The van der Waals surface area contributed by atoms with Gasteiger partial charge < -0.3 is 15.4 Å². The van der Waals surface area contributed by atoms with Gasteiger partial charge in [-0.2, -0.15) is 0 Å². The first-order chi connectivity index (χ1) is 12.4. The minimum absolute atomic E-state index is 0.102. The molecule has 0 spiro atoms. The molecule has 0 aliphatic carbocycles. The number of nitrogens with zero attached hydrogens (tertiary/aromatic N) is 1. The monoisotopic (exact) mass is 358 g/mol. The number of carbonyl (C=O) groups excluding carboxylic acids is 1. The lowest BCUT2D eigenvalue weighted by atomic mass is 9.96. The topological polar surface area (TPSA) is 98.1 Å². The van der Waals surface area contributed by atoms with E-state index in [1.54, 1.807) is 0 Å². The lowest BCUT2D eigenvalue weighted by Gasteiger charge is -2.19. The Labute approximate surface area is 152 Å². The van der Waals surface area contributed by atoms with E-state index in [-0.39, 0.29) is 24.2 Å². The van der Waals surface area contributed by atoms with Crippen molar-refractivity contribution in [3.8, 4) is 5.75 Å². The molecule has 7 nitrogen and oxygen atoms in total. The standard InChI is InChI=1S/C19H23N3O4/c1-13(2)19(14-7-5-4-6-8-14)20-12-18(23)21-16-11-15(22(24)25)9-10-17(16)26-3/h4-11,13,19-20H,12H2,1-3H3,(H,21,23)/p+1/t19-/m1/s1. The van der Waals surface area contributed by atoms with Crippen molar-refractivity contribution >= 4 is 17.3 Å². The molecule has 0 saturated carbocycles. The molecule has 1 amide bonds. The summed E-state index contributed by atoms with van der Waals surface area (Å²) in [7, 11) is 1.45. The van der Waals surface area contributed by atoms with Gasteiger partial charge in [-0.25, -0.2) is 0 Å². The third-order valence-electron chi connectivity index (χ3n) is 4.13. The average Bonchev–Trinajstić information content (AvgIpc) is 2.62. The van der Waals surface area contributed by atoms with E-state index < -0.39 is 4.92 Å². The van der Waals surface area contributed by atoms with Crippen molar-refractivity contribution < 1.29 is 19.8 Å². The summed E-state index contributed by atoms with van der Waals surface area (Å²) in [5.74, 6) is 0.482. The van der Waals surface area contributed by atoms with Crippen LogP contribution in [0.2, 0.25) is 0 Å². The SMILES string of the molecule is COc1ccc([N+](=O)[O-])cc1NC(=O)C[NH2+][C@@H](c1ccccc1)C(C)C. The van der Waals surface area contributed by atoms with Gasteiger partial charge >= 0.3 is 0 Å². The lowest BCUT2D eigenvalue weighted by Crippen LogP contribution is -2.88. The maximum atomic E-state index is 12.4. The third kappa shape index (κ3) is 5.03. The van der Waals surface area contributed by atoms with E-state index in [2.05, 4.69) is 19.2 Å². The van der Waals surface area contributed by atoms with Crippen LogP contribution in [0, 0.1) is 16.0 Å². The summed E-state index contributed by atoms with van der Waals surface area (Å²) < 4.78 is 5.17. The van der Waals surface area contributed by atoms with Crippen LogP contribution in [0.5, 0.6) is 5.75 Å². The van der Waals surface area contributed by atoms with Crippen molar-refractivity contribution in [1.82, 2.24) is 0 Å². The number of amides is 1. The van der Waals surface area contributed by atoms with Gasteiger partial charge in [0.05, 0.1) is 17.7 Å². The summed E-state index contributed by atoms with van der Waals surface area (Å²) in [6.45, 7) is 4.41. The number of quaternary nitrogens is 1. The average molecular weight is 358 g/mol. The summed E-state index contributed by atoms with van der Waals surface area (Å²) in [6, 6.07) is 14.3. The van der Waals surface area contributed by atoms with E-state index >= 15 is 0 Å². The molecule has 7 heteroatoms. The van der Waals surface area contributed by atoms with Gasteiger partial charge in [-0.05, 0) is 6.07 Å². The highest BCUT2D eigenvalue weighted by Crippen LogP contribution is 2.28. The van der Waals surface area contributed by atoms with Crippen LogP contribution in [0.3, 0.4) is 0 Å². The predicted molar refractivity (Wildman–Crippen MR) is 99.1 cm³/mol. The summed E-state index contributed by atoms with van der Waals surface area (Å²) in [5, 5.41) is 15.6. The summed E-state index contributed by atoms with van der Waals surface area (Å²) in [6.07, 6.45) is 0. The molecule has 26 heavy (non-hydrogen) atoms. The van der Waals surface area contributed by atoms with Crippen LogP contribution in [0.25, 0.3) is 0 Å². The van der Waals surface area contributed by atoms with E-state index in [0.29, 0.717) is 17.4 Å². The van der Waals surface area contributed by atoms with E-state index in [1.165, 1.54) is 25.3 Å². The van der Waals surface area contributed by atoms with Crippen molar-refractivity contribution in [3.63, 3.8) is 0 Å². The van der Waals surface area contributed by atoms with Crippen LogP contribution >= 0.6 is 0 Å². The highest BCUT2D eigenvalue weighted by Gasteiger charge is 2.21. The molecule has 0 aliphatic heterocycles. The highest BCUT2D eigenvalue weighted by atomic mass is 16.6. The van der Waals surface area contributed by atoms with Crippen LogP contribution in [0.4, 0.5) is 11.4 Å². The summed E-state index contributed by atoms with van der Waals surface area (Å²) in [4.78, 5) is 22.8. The van der Waals surface area contributed by atoms with Crippen molar-refractivity contribution in [2.24, 2.45) is 5.92 Å². The van der Waals surface area contributed by atoms with Gasteiger partial charge in [0, 0.05) is 23.6 Å². The van der Waals surface area contributed by atoms with E-state index in [9.17, 15) is 14.9 Å². The fourth-order valence-corrected chi connectivity index (χ4v) is 2.81. The Morgan fingerprint density at radius 2 is 1.92 bits per heavy atom. The Kier molecular flexibility index (Phi) is 6.68. The first-order valence-corrected chi connectivity index (χ1v) is 8.43. The quantitative estimate of drug-likeness (QED) is 0.559. The number of rotatable bonds is 8. The number of methoxy groups -OCH3 is 1. The minimum atomic E-state index is -0.509. The molecule has 0 bridgehead atoms. The largest absolute Gasteiger partial charge is 0.495 e. The first-order valence-electron chi connectivity index (χ1n) is 8.43. The molecule has 3 N–H and O–H groups in total. The number of carbonyl (C=O) groups is 1. The number of non-ortho nitro benzene ring substituents is 1. The number of anilines is 1. The number of benzene rings is 2. The molecule has 0 saturated heterocycles. The van der Waals surface area contributed by atoms with Crippen molar-refractivity contribution in [2.45, 2.75) is 19.9 Å². The van der Waals surface area contributed by atoms with Gasteiger partial charge in [-0.3, -0.25) is 14.9 Å². The van der Waals surface area contributed by atoms with Gasteiger partial charge in [0.15, 0.2) is 6.54 Å². The van der Waals surface area contributed by atoms with Crippen molar-refractivity contribution in [1.29, 1.82) is 0 Å². The number of nitrogens with one attached hydrogen (secondary N) is 1. The maximum Gasteiger partial charge on any atom is 0.279 e. The Bertz CT molecular complexity index is 763. The Morgan fingerprint density at radius 1 is 1.23 bits per heavy atom. The fourth-order valence-electron chi connectivity index (χ4n) is 2.81. The molecule has 0 unspecified atom stereocenters. The smallest absolute Gasteiger partial charge is 0.279 e. The second kappa shape index (κ2) is 8.96.